The van der Waals surface area contributed by atoms with Crippen molar-refractivity contribution in [1.29, 1.82) is 5.41 Å². The SMILES string of the molecule is [2H]c1cc([2H])c([2H])c(C([2H])([2H])CN=C(N)NC(C)=N)c1. The third-order valence-corrected chi connectivity index (χ3v) is 1.42. The topological polar surface area (TPSA) is 74.3 Å². The Bertz CT molecular complexity index is 556. The summed E-state index contributed by atoms with van der Waals surface area (Å²) < 4.78 is 38.5. The highest BCUT2D eigenvalue weighted by Gasteiger charge is 1.92. The lowest BCUT2D eigenvalue weighted by Gasteiger charge is -2.02. The van der Waals surface area contributed by atoms with Gasteiger partial charge in [0.2, 0.25) is 0 Å². The van der Waals surface area contributed by atoms with Crippen molar-refractivity contribution in [3.05, 3.63) is 35.8 Å². The average Bonchev–Trinajstić information content (AvgIpc) is 2.30. The summed E-state index contributed by atoms with van der Waals surface area (Å²) in [7, 11) is 0. The molecular weight excluding hydrogens is 188 g/mol. The summed E-state index contributed by atoms with van der Waals surface area (Å²) in [4.78, 5) is 3.77. The number of rotatable bonds is 3. The molecule has 4 heteroatoms. The Morgan fingerprint density at radius 2 is 2.53 bits per heavy atom. The number of nitrogens with two attached hydrogens (primary N) is 1. The summed E-state index contributed by atoms with van der Waals surface area (Å²) >= 11 is 0. The Labute approximate surface area is 96.8 Å². The van der Waals surface area contributed by atoms with Crippen LogP contribution in [0.2, 0.25) is 0 Å². The minimum atomic E-state index is -2.02. The number of aliphatic imine (C=N–C) groups is 1. The van der Waals surface area contributed by atoms with Crippen LogP contribution in [0.1, 0.15) is 19.3 Å². The minimum absolute atomic E-state index is 0.0321. The number of nitrogens with one attached hydrogen (secondary N) is 2. The van der Waals surface area contributed by atoms with E-state index in [4.69, 9.17) is 18.0 Å². The fraction of sp³-hybridized carbons (Fsp3) is 0.273. The predicted octanol–water partition coefficient (Wildman–Crippen LogP) is 1.13. The largest absolute Gasteiger partial charge is 0.370 e. The molecule has 0 fully saturated rings. The lowest BCUT2D eigenvalue weighted by Crippen LogP contribution is -2.35. The van der Waals surface area contributed by atoms with Crippen LogP contribution in [0, 0.1) is 5.41 Å². The molecule has 80 valence electrons. The van der Waals surface area contributed by atoms with E-state index < -0.39 is 6.37 Å². The first-order valence-electron chi connectivity index (χ1n) is 6.84. The number of hydrogen-bond donors (Lipinski definition) is 3. The van der Waals surface area contributed by atoms with E-state index in [0.717, 1.165) is 0 Å². The van der Waals surface area contributed by atoms with E-state index in [2.05, 4.69) is 10.3 Å². The number of benzene rings is 1. The highest BCUT2D eigenvalue weighted by atomic mass is 15.1. The Morgan fingerprint density at radius 1 is 1.73 bits per heavy atom. The predicted molar refractivity (Wildman–Crippen MR) is 63.2 cm³/mol. The molecule has 0 aliphatic carbocycles. The summed E-state index contributed by atoms with van der Waals surface area (Å²) in [5.41, 5.74) is 5.40. The summed E-state index contributed by atoms with van der Waals surface area (Å²) in [6, 6.07) is 1.88. The quantitative estimate of drug-likeness (QED) is 0.515. The lowest BCUT2D eigenvalue weighted by atomic mass is 10.2. The highest BCUT2D eigenvalue weighted by molar-refractivity contribution is 5.96. The molecule has 0 atom stereocenters. The van der Waals surface area contributed by atoms with Gasteiger partial charge < -0.3 is 11.1 Å². The van der Waals surface area contributed by atoms with Crippen LogP contribution in [-0.4, -0.2) is 18.3 Å². The number of nitrogens with zero attached hydrogens (tertiary/aromatic N) is 1. The Kier molecular flexibility index (Phi) is 2.28. The van der Waals surface area contributed by atoms with Gasteiger partial charge in [-0.15, -0.1) is 0 Å². The minimum Gasteiger partial charge on any atom is -0.370 e. The summed E-state index contributed by atoms with van der Waals surface area (Å²) in [5.74, 6) is -0.0179. The molecule has 1 rings (SSSR count). The van der Waals surface area contributed by atoms with Gasteiger partial charge in [0.25, 0.3) is 0 Å². The van der Waals surface area contributed by atoms with E-state index in [0.29, 0.717) is 0 Å². The molecule has 0 radical (unpaired) electrons. The zero-order valence-corrected chi connectivity index (χ0v) is 8.39. The normalized spacial score (nSPS) is 16.9. The zero-order valence-electron chi connectivity index (χ0n) is 13.4. The van der Waals surface area contributed by atoms with Crippen molar-refractivity contribution in [2.24, 2.45) is 10.7 Å². The van der Waals surface area contributed by atoms with Gasteiger partial charge in [-0.1, -0.05) is 30.3 Å². The number of guanidine groups is 1. The van der Waals surface area contributed by atoms with Crippen LogP contribution in [0.15, 0.2) is 35.3 Å². The summed E-state index contributed by atoms with van der Waals surface area (Å²) in [6.07, 6.45) is -2.02. The van der Waals surface area contributed by atoms with E-state index in [-0.39, 0.29) is 42.0 Å². The maximum Gasteiger partial charge on any atom is 0.194 e. The van der Waals surface area contributed by atoms with Crippen molar-refractivity contribution in [3.63, 3.8) is 0 Å². The van der Waals surface area contributed by atoms with Crippen LogP contribution in [0.3, 0.4) is 0 Å². The molecule has 4 N–H and O–H groups in total. The molecule has 0 aliphatic rings. The van der Waals surface area contributed by atoms with Crippen LogP contribution < -0.4 is 11.1 Å². The van der Waals surface area contributed by atoms with Gasteiger partial charge in [0.1, 0.15) is 0 Å². The van der Waals surface area contributed by atoms with Crippen LogP contribution in [-0.2, 0) is 6.37 Å². The van der Waals surface area contributed by atoms with Crippen LogP contribution in [0.5, 0.6) is 0 Å². The van der Waals surface area contributed by atoms with Crippen LogP contribution >= 0.6 is 0 Å². The molecule has 0 heterocycles. The fourth-order valence-electron chi connectivity index (χ4n) is 0.853. The lowest BCUT2D eigenvalue weighted by molar-refractivity contribution is 0.955. The second-order valence-corrected chi connectivity index (χ2v) is 2.77. The van der Waals surface area contributed by atoms with E-state index in [1.54, 1.807) is 0 Å². The van der Waals surface area contributed by atoms with Gasteiger partial charge in [-0.25, -0.2) is 0 Å². The van der Waals surface area contributed by atoms with Crippen LogP contribution in [0.25, 0.3) is 0 Å². The molecule has 0 bridgehead atoms. The van der Waals surface area contributed by atoms with Gasteiger partial charge in [-0.05, 0) is 18.9 Å². The van der Waals surface area contributed by atoms with Crippen molar-refractivity contribution in [2.45, 2.75) is 13.3 Å². The van der Waals surface area contributed by atoms with E-state index in [1.807, 2.05) is 0 Å². The standard InChI is InChI=1S/C11H16N4/c1-9(12)15-11(13)14-8-7-10-5-3-2-4-6-10/h2-6H,7-8H2,1H3,(H4,12,13,14,15)/i3D,4D,5D,7D2. The van der Waals surface area contributed by atoms with Crippen molar-refractivity contribution >= 4 is 11.8 Å². The van der Waals surface area contributed by atoms with Gasteiger partial charge >= 0.3 is 0 Å². The second kappa shape index (κ2) is 5.80. The molecule has 0 unspecified atom stereocenters. The molecule has 0 spiro atoms. The molecule has 1 aromatic rings. The number of hydrogen-bond acceptors (Lipinski definition) is 2. The first-order chi connectivity index (χ1) is 9.13. The Morgan fingerprint density at radius 3 is 3.27 bits per heavy atom. The van der Waals surface area contributed by atoms with Gasteiger partial charge in [-0.3, -0.25) is 10.4 Å². The summed E-state index contributed by atoms with van der Waals surface area (Å²) in [5, 5.41) is 9.60. The maximum atomic E-state index is 7.91. The fourth-order valence-corrected chi connectivity index (χ4v) is 0.853. The van der Waals surface area contributed by atoms with E-state index >= 15 is 0 Å². The Hall–Kier alpha value is -1.84. The van der Waals surface area contributed by atoms with E-state index in [1.165, 1.54) is 19.1 Å². The molecule has 0 aliphatic heterocycles. The highest BCUT2D eigenvalue weighted by Crippen LogP contribution is 1.98. The van der Waals surface area contributed by atoms with E-state index in [9.17, 15) is 0 Å². The van der Waals surface area contributed by atoms with Gasteiger partial charge in [0.15, 0.2) is 5.96 Å². The van der Waals surface area contributed by atoms with Crippen LogP contribution in [0.4, 0.5) is 0 Å². The van der Waals surface area contributed by atoms with Gasteiger partial charge in [0, 0.05) is 9.29 Å². The molecule has 0 amide bonds. The monoisotopic (exact) mass is 209 g/mol. The third-order valence-electron chi connectivity index (χ3n) is 1.42. The third kappa shape index (κ3) is 4.81. The van der Waals surface area contributed by atoms with Gasteiger partial charge in [0.05, 0.1) is 9.95 Å². The molecule has 0 saturated carbocycles. The van der Waals surface area contributed by atoms with Crippen molar-refractivity contribution < 1.29 is 6.85 Å². The van der Waals surface area contributed by atoms with Gasteiger partial charge in [-0.2, -0.15) is 0 Å². The first kappa shape index (κ1) is 5.90. The van der Waals surface area contributed by atoms with Crippen molar-refractivity contribution in [3.8, 4) is 0 Å². The van der Waals surface area contributed by atoms with Crippen molar-refractivity contribution in [2.75, 3.05) is 6.54 Å². The smallest absolute Gasteiger partial charge is 0.194 e. The molecule has 0 saturated heterocycles. The zero-order chi connectivity index (χ0) is 15.5. The summed E-state index contributed by atoms with van der Waals surface area (Å²) in [6.45, 7) is 1.10. The molecule has 4 nitrogen and oxygen atoms in total. The first-order valence-corrected chi connectivity index (χ1v) is 4.34. The van der Waals surface area contributed by atoms with Crippen molar-refractivity contribution in [1.82, 2.24) is 5.32 Å². The molecule has 1 aromatic carbocycles. The molecular formula is C11H16N4. The molecule has 15 heavy (non-hydrogen) atoms. The second-order valence-electron chi connectivity index (χ2n) is 2.77. The average molecular weight is 209 g/mol. The number of amidine groups is 1. The maximum absolute atomic E-state index is 7.91. The Balaban J connectivity index is 3.02. The molecule has 0 aromatic heterocycles.